The minimum absolute atomic E-state index is 0.0647. The van der Waals surface area contributed by atoms with Crippen LogP contribution in [0, 0.1) is 0 Å². The molecule has 8 heteroatoms. The summed E-state index contributed by atoms with van der Waals surface area (Å²) in [5.41, 5.74) is 9.14. The van der Waals surface area contributed by atoms with Crippen molar-refractivity contribution in [1.29, 1.82) is 0 Å². The molecule has 0 aliphatic heterocycles. The SMILES string of the molecule is CC(C)(C)NC(=O)c1nc(-c2cc(Cl)c3[nH]ncc3c2)c(-c2ccccc2)nc1N. The van der Waals surface area contributed by atoms with Crippen molar-refractivity contribution in [1.82, 2.24) is 25.5 Å². The zero-order valence-electron chi connectivity index (χ0n) is 16.8. The number of halogens is 1. The van der Waals surface area contributed by atoms with E-state index in [0.717, 1.165) is 16.5 Å². The molecule has 4 N–H and O–H groups in total. The number of benzene rings is 2. The van der Waals surface area contributed by atoms with E-state index in [4.69, 9.17) is 17.3 Å². The lowest BCUT2D eigenvalue weighted by molar-refractivity contribution is 0.0915. The Morgan fingerprint density at radius 1 is 1.07 bits per heavy atom. The van der Waals surface area contributed by atoms with Crippen molar-refractivity contribution in [3.05, 3.63) is 59.4 Å². The predicted molar refractivity (Wildman–Crippen MR) is 119 cm³/mol. The third-order valence-electron chi connectivity index (χ3n) is 4.45. The highest BCUT2D eigenvalue weighted by molar-refractivity contribution is 6.35. The van der Waals surface area contributed by atoms with Crippen LogP contribution in [0.3, 0.4) is 0 Å². The van der Waals surface area contributed by atoms with Gasteiger partial charge >= 0.3 is 0 Å². The smallest absolute Gasteiger partial charge is 0.274 e. The van der Waals surface area contributed by atoms with Crippen LogP contribution < -0.4 is 11.1 Å². The van der Waals surface area contributed by atoms with Gasteiger partial charge in [-0.05, 0) is 32.9 Å². The second-order valence-corrected chi connectivity index (χ2v) is 8.42. The van der Waals surface area contributed by atoms with Crippen molar-refractivity contribution >= 4 is 34.2 Å². The van der Waals surface area contributed by atoms with Gasteiger partial charge in [-0.2, -0.15) is 5.10 Å². The molecule has 30 heavy (non-hydrogen) atoms. The summed E-state index contributed by atoms with van der Waals surface area (Å²) in [6.07, 6.45) is 1.69. The third kappa shape index (κ3) is 3.84. The molecule has 0 saturated carbocycles. The number of nitrogens with zero attached hydrogens (tertiary/aromatic N) is 3. The molecule has 0 saturated heterocycles. The Morgan fingerprint density at radius 3 is 2.47 bits per heavy atom. The molecular formula is C22H21ClN6O. The minimum Gasteiger partial charge on any atom is -0.382 e. The molecule has 4 aromatic rings. The molecule has 0 aliphatic carbocycles. The topological polar surface area (TPSA) is 110 Å². The second-order valence-electron chi connectivity index (χ2n) is 8.02. The van der Waals surface area contributed by atoms with Gasteiger partial charge in [0.25, 0.3) is 5.91 Å². The molecule has 0 radical (unpaired) electrons. The van der Waals surface area contributed by atoms with Gasteiger partial charge in [-0.15, -0.1) is 0 Å². The van der Waals surface area contributed by atoms with Crippen LogP contribution in [-0.4, -0.2) is 31.6 Å². The number of nitrogen functional groups attached to an aromatic ring is 1. The highest BCUT2D eigenvalue weighted by Gasteiger charge is 2.23. The van der Waals surface area contributed by atoms with E-state index < -0.39 is 5.54 Å². The lowest BCUT2D eigenvalue weighted by Gasteiger charge is -2.21. The Bertz CT molecular complexity index is 1240. The monoisotopic (exact) mass is 420 g/mol. The molecule has 0 fully saturated rings. The lowest BCUT2D eigenvalue weighted by Crippen LogP contribution is -2.41. The quantitative estimate of drug-likeness (QED) is 0.453. The summed E-state index contributed by atoms with van der Waals surface area (Å²) in [5.74, 6) is -0.321. The maximum absolute atomic E-state index is 12.8. The zero-order valence-corrected chi connectivity index (χ0v) is 17.6. The number of rotatable bonds is 3. The average molecular weight is 421 g/mol. The normalized spacial score (nSPS) is 11.6. The summed E-state index contributed by atoms with van der Waals surface area (Å²) in [6, 6.07) is 13.2. The van der Waals surface area contributed by atoms with Crippen LogP contribution in [0.4, 0.5) is 5.82 Å². The number of hydrogen-bond acceptors (Lipinski definition) is 5. The number of H-pyrrole nitrogens is 1. The number of carbonyl (C=O) groups excluding carboxylic acids is 1. The van der Waals surface area contributed by atoms with Gasteiger partial charge in [-0.25, -0.2) is 9.97 Å². The third-order valence-corrected chi connectivity index (χ3v) is 4.75. The molecule has 152 valence electrons. The number of fused-ring (bicyclic) bond motifs is 1. The van der Waals surface area contributed by atoms with Crippen LogP contribution >= 0.6 is 11.6 Å². The molecule has 7 nitrogen and oxygen atoms in total. The predicted octanol–water partition coefficient (Wildman–Crippen LogP) is 4.45. The molecule has 2 heterocycles. The van der Waals surface area contributed by atoms with Gasteiger partial charge in [0.2, 0.25) is 0 Å². The number of aromatic nitrogens is 4. The van der Waals surface area contributed by atoms with Crippen LogP contribution in [0.5, 0.6) is 0 Å². The number of nitrogens with two attached hydrogens (primary N) is 1. The fourth-order valence-electron chi connectivity index (χ4n) is 3.16. The molecule has 0 aliphatic rings. The first-order chi connectivity index (χ1) is 14.2. The van der Waals surface area contributed by atoms with Gasteiger partial charge in [0, 0.05) is 22.1 Å². The van der Waals surface area contributed by atoms with E-state index in [0.29, 0.717) is 22.0 Å². The highest BCUT2D eigenvalue weighted by Crippen LogP contribution is 2.34. The van der Waals surface area contributed by atoms with Gasteiger partial charge in [0.15, 0.2) is 11.5 Å². The minimum atomic E-state index is -0.442. The standard InChI is InChI=1S/C22H21ClN6O/c1-22(2,3)28-21(30)19-20(24)27-17(12-7-5-4-6-8-12)18(26-19)13-9-14-11-25-29-16(14)15(23)10-13/h4-11H,1-3H3,(H2,24,27)(H,25,29)(H,28,30). The Kier molecular flexibility index (Phi) is 4.91. The van der Waals surface area contributed by atoms with Crippen LogP contribution in [0.1, 0.15) is 31.3 Å². The number of aromatic amines is 1. The fraction of sp³-hybridized carbons (Fsp3) is 0.182. The molecule has 0 unspecified atom stereocenters. The molecule has 0 atom stereocenters. The first-order valence-corrected chi connectivity index (χ1v) is 9.79. The summed E-state index contributed by atoms with van der Waals surface area (Å²) in [4.78, 5) is 22.0. The van der Waals surface area contributed by atoms with Crippen molar-refractivity contribution in [2.24, 2.45) is 0 Å². The van der Waals surface area contributed by atoms with E-state index in [1.807, 2.05) is 57.2 Å². The number of nitrogens with one attached hydrogen (secondary N) is 2. The molecule has 2 aromatic heterocycles. The second kappa shape index (κ2) is 7.42. The average Bonchev–Trinajstić information content (AvgIpc) is 3.16. The van der Waals surface area contributed by atoms with Crippen molar-refractivity contribution in [3.63, 3.8) is 0 Å². The number of anilines is 1. The summed E-state index contributed by atoms with van der Waals surface area (Å²) < 4.78 is 0. The maximum atomic E-state index is 12.8. The Morgan fingerprint density at radius 2 is 1.77 bits per heavy atom. The largest absolute Gasteiger partial charge is 0.382 e. The molecule has 0 bridgehead atoms. The number of amides is 1. The van der Waals surface area contributed by atoms with Crippen molar-refractivity contribution in [2.75, 3.05) is 5.73 Å². The lowest BCUT2D eigenvalue weighted by atomic mass is 10.0. The van der Waals surface area contributed by atoms with Crippen molar-refractivity contribution < 1.29 is 4.79 Å². The van der Waals surface area contributed by atoms with Crippen LogP contribution in [0.15, 0.2) is 48.7 Å². The van der Waals surface area contributed by atoms with E-state index in [2.05, 4.69) is 25.5 Å². The Balaban J connectivity index is 1.95. The Labute approximate surface area is 178 Å². The van der Waals surface area contributed by atoms with Crippen molar-refractivity contribution in [3.8, 4) is 22.5 Å². The molecular weight excluding hydrogens is 400 g/mol. The molecule has 2 aromatic carbocycles. The molecule has 1 amide bonds. The van der Waals surface area contributed by atoms with Crippen molar-refractivity contribution in [2.45, 2.75) is 26.3 Å². The van der Waals surface area contributed by atoms with Gasteiger partial charge < -0.3 is 11.1 Å². The molecule has 0 spiro atoms. The first-order valence-electron chi connectivity index (χ1n) is 9.41. The Hall–Kier alpha value is -3.45. The summed E-state index contributed by atoms with van der Waals surface area (Å²) >= 11 is 6.45. The summed E-state index contributed by atoms with van der Waals surface area (Å²) in [6.45, 7) is 5.67. The van der Waals surface area contributed by atoms with Gasteiger partial charge in [-0.1, -0.05) is 41.9 Å². The van der Waals surface area contributed by atoms with Gasteiger partial charge in [0.1, 0.15) is 0 Å². The van der Waals surface area contributed by atoms with E-state index in [1.54, 1.807) is 12.3 Å². The van der Waals surface area contributed by atoms with Gasteiger partial charge in [-0.3, -0.25) is 9.89 Å². The molecule has 4 rings (SSSR count). The number of carbonyl (C=O) groups is 1. The van der Waals surface area contributed by atoms with E-state index in [-0.39, 0.29) is 17.4 Å². The van der Waals surface area contributed by atoms with Crippen LogP contribution in [0.2, 0.25) is 5.02 Å². The number of hydrogen-bond donors (Lipinski definition) is 3. The summed E-state index contributed by atoms with van der Waals surface area (Å²) in [7, 11) is 0. The zero-order chi connectivity index (χ0) is 21.5. The maximum Gasteiger partial charge on any atom is 0.274 e. The van der Waals surface area contributed by atoms with Gasteiger partial charge in [0.05, 0.1) is 28.1 Å². The first kappa shape index (κ1) is 19.8. The van der Waals surface area contributed by atoms with Crippen LogP contribution in [0.25, 0.3) is 33.4 Å². The fourth-order valence-corrected chi connectivity index (χ4v) is 3.43. The van der Waals surface area contributed by atoms with Crippen LogP contribution in [-0.2, 0) is 0 Å². The van der Waals surface area contributed by atoms with E-state index >= 15 is 0 Å². The summed E-state index contributed by atoms with van der Waals surface area (Å²) in [5, 5.41) is 11.1. The van der Waals surface area contributed by atoms with E-state index in [9.17, 15) is 4.79 Å². The highest BCUT2D eigenvalue weighted by atomic mass is 35.5. The van der Waals surface area contributed by atoms with E-state index in [1.165, 1.54) is 0 Å².